The first kappa shape index (κ1) is 15.8. The van der Waals surface area contributed by atoms with Crippen LogP contribution in [0.4, 0.5) is 4.79 Å². The molecule has 2 aliphatic rings. The number of rotatable bonds is 3. The molecule has 1 amide bonds. The third-order valence-electron chi connectivity index (χ3n) is 3.91. The van der Waals surface area contributed by atoms with Gasteiger partial charge in [-0.15, -0.1) is 0 Å². The van der Waals surface area contributed by atoms with Gasteiger partial charge in [0.05, 0.1) is 19.7 Å². The molecule has 124 valence electrons. The third kappa shape index (κ3) is 4.03. The minimum absolute atomic E-state index is 0.0496. The highest BCUT2D eigenvalue weighted by molar-refractivity contribution is 6.01. The summed E-state index contributed by atoms with van der Waals surface area (Å²) in [6, 6.07) is 5.53. The van der Waals surface area contributed by atoms with Crippen molar-refractivity contribution in [2.24, 2.45) is 5.92 Å². The van der Waals surface area contributed by atoms with E-state index < -0.39 is 11.7 Å². The van der Waals surface area contributed by atoms with Crippen LogP contribution >= 0.6 is 0 Å². The highest BCUT2D eigenvalue weighted by Gasteiger charge is 2.30. The van der Waals surface area contributed by atoms with Gasteiger partial charge >= 0.3 is 6.09 Å². The molecule has 1 aromatic carbocycles. The molecule has 0 spiro atoms. The quantitative estimate of drug-likeness (QED) is 0.857. The zero-order valence-corrected chi connectivity index (χ0v) is 13.9. The Morgan fingerprint density at radius 1 is 1.26 bits per heavy atom. The summed E-state index contributed by atoms with van der Waals surface area (Å²) in [6.45, 7) is 6.60. The molecule has 0 saturated heterocycles. The lowest BCUT2D eigenvalue weighted by atomic mass is 9.98. The molecule has 5 heteroatoms. The van der Waals surface area contributed by atoms with Crippen LogP contribution in [0.5, 0.6) is 5.75 Å². The Hall–Kier alpha value is -2.04. The van der Waals surface area contributed by atoms with Gasteiger partial charge in [0.25, 0.3) is 0 Å². The SMILES string of the molecule is CC(C)(C)OC(=O)N1CC(=O)c2cc(OCC3CC3)ccc2C1. The number of amides is 1. The number of carbonyl (C=O) groups is 2. The highest BCUT2D eigenvalue weighted by atomic mass is 16.6. The number of nitrogens with zero attached hydrogens (tertiary/aromatic N) is 1. The van der Waals surface area contributed by atoms with Crippen molar-refractivity contribution in [2.45, 2.75) is 45.8 Å². The summed E-state index contributed by atoms with van der Waals surface area (Å²) in [5, 5.41) is 0. The zero-order valence-electron chi connectivity index (χ0n) is 13.9. The van der Waals surface area contributed by atoms with Crippen LogP contribution in [0.25, 0.3) is 0 Å². The predicted octanol–water partition coefficient (Wildman–Crippen LogP) is 3.41. The molecule has 1 aliphatic carbocycles. The monoisotopic (exact) mass is 317 g/mol. The Kier molecular flexibility index (Phi) is 4.04. The minimum Gasteiger partial charge on any atom is -0.493 e. The molecule has 1 aliphatic heterocycles. The van der Waals surface area contributed by atoms with E-state index in [9.17, 15) is 9.59 Å². The molecule has 23 heavy (non-hydrogen) atoms. The summed E-state index contributed by atoms with van der Waals surface area (Å²) in [5.41, 5.74) is 0.921. The molecule has 0 N–H and O–H groups in total. The molecule has 1 aromatic rings. The Bertz CT molecular complexity index is 628. The van der Waals surface area contributed by atoms with Gasteiger partial charge in [0.1, 0.15) is 11.4 Å². The van der Waals surface area contributed by atoms with E-state index in [0.29, 0.717) is 18.0 Å². The van der Waals surface area contributed by atoms with Gasteiger partial charge in [-0.3, -0.25) is 9.69 Å². The fraction of sp³-hybridized carbons (Fsp3) is 0.556. The van der Waals surface area contributed by atoms with E-state index in [4.69, 9.17) is 9.47 Å². The van der Waals surface area contributed by atoms with Crippen molar-refractivity contribution in [2.75, 3.05) is 13.2 Å². The number of benzene rings is 1. The fourth-order valence-corrected chi connectivity index (χ4v) is 2.52. The molecule has 5 nitrogen and oxygen atoms in total. The fourth-order valence-electron chi connectivity index (χ4n) is 2.52. The van der Waals surface area contributed by atoms with Gasteiger partial charge in [0.15, 0.2) is 5.78 Å². The highest BCUT2D eigenvalue weighted by Crippen LogP contribution is 2.30. The van der Waals surface area contributed by atoms with Crippen LogP contribution < -0.4 is 4.74 Å². The molecule has 0 atom stereocenters. The van der Waals surface area contributed by atoms with Crippen LogP contribution in [0, 0.1) is 5.92 Å². The van der Waals surface area contributed by atoms with Gasteiger partial charge in [0, 0.05) is 5.56 Å². The molecule has 0 aromatic heterocycles. The molecule has 1 saturated carbocycles. The van der Waals surface area contributed by atoms with Crippen LogP contribution in [-0.4, -0.2) is 35.5 Å². The van der Waals surface area contributed by atoms with Crippen LogP contribution in [0.2, 0.25) is 0 Å². The molecule has 1 heterocycles. The van der Waals surface area contributed by atoms with Gasteiger partial charge in [-0.25, -0.2) is 4.79 Å². The number of fused-ring (bicyclic) bond motifs is 1. The van der Waals surface area contributed by atoms with Gasteiger partial charge in [0.2, 0.25) is 0 Å². The topological polar surface area (TPSA) is 55.8 Å². The van der Waals surface area contributed by atoms with E-state index in [2.05, 4.69) is 0 Å². The average Bonchev–Trinajstić information content (AvgIpc) is 3.27. The number of ketones is 1. The number of Topliss-reactive ketones (excluding diaryl/α,β-unsaturated/α-hetero) is 1. The standard InChI is InChI=1S/C18H23NO4/c1-18(2,3)23-17(21)19-9-13-6-7-14(22-11-12-4-5-12)8-15(13)16(20)10-19/h6-8,12H,4-5,9-11H2,1-3H3. The van der Waals surface area contributed by atoms with Crippen molar-refractivity contribution in [1.29, 1.82) is 0 Å². The molecular weight excluding hydrogens is 294 g/mol. The van der Waals surface area contributed by atoms with E-state index in [1.165, 1.54) is 17.7 Å². The largest absolute Gasteiger partial charge is 0.493 e. The van der Waals surface area contributed by atoms with Crippen molar-refractivity contribution in [1.82, 2.24) is 4.90 Å². The first-order valence-corrected chi connectivity index (χ1v) is 8.09. The van der Waals surface area contributed by atoms with Crippen molar-refractivity contribution in [3.8, 4) is 5.75 Å². The Morgan fingerprint density at radius 2 is 2.00 bits per heavy atom. The van der Waals surface area contributed by atoms with Crippen molar-refractivity contribution < 1.29 is 19.1 Å². The average molecular weight is 317 g/mol. The number of carbonyl (C=O) groups excluding carboxylic acids is 2. The smallest absolute Gasteiger partial charge is 0.411 e. The van der Waals surface area contributed by atoms with Crippen LogP contribution in [0.15, 0.2) is 18.2 Å². The molecule has 0 unspecified atom stereocenters. The molecule has 3 rings (SSSR count). The Balaban J connectivity index is 1.70. The normalized spacial score (nSPS) is 17.7. The molecule has 0 radical (unpaired) electrons. The van der Waals surface area contributed by atoms with Crippen LogP contribution in [-0.2, 0) is 11.3 Å². The summed E-state index contributed by atoms with van der Waals surface area (Å²) in [5.74, 6) is 1.33. The van der Waals surface area contributed by atoms with Crippen molar-refractivity contribution >= 4 is 11.9 Å². The maximum absolute atomic E-state index is 12.4. The number of hydrogen-bond donors (Lipinski definition) is 0. The second-order valence-corrected chi connectivity index (χ2v) is 7.33. The van der Waals surface area contributed by atoms with E-state index in [1.54, 1.807) is 6.07 Å². The molecule has 1 fully saturated rings. The molecule has 0 bridgehead atoms. The first-order valence-electron chi connectivity index (χ1n) is 8.09. The number of hydrogen-bond acceptors (Lipinski definition) is 4. The summed E-state index contributed by atoms with van der Waals surface area (Å²) < 4.78 is 11.1. The van der Waals surface area contributed by atoms with E-state index in [1.807, 2.05) is 32.9 Å². The second kappa shape index (κ2) is 5.87. The van der Waals surface area contributed by atoms with E-state index in [-0.39, 0.29) is 12.3 Å². The second-order valence-electron chi connectivity index (χ2n) is 7.33. The van der Waals surface area contributed by atoms with Gasteiger partial charge in [-0.05, 0) is 57.2 Å². The van der Waals surface area contributed by atoms with Crippen molar-refractivity contribution in [3.63, 3.8) is 0 Å². The lowest BCUT2D eigenvalue weighted by Crippen LogP contribution is -2.42. The van der Waals surface area contributed by atoms with Gasteiger partial charge in [-0.1, -0.05) is 6.07 Å². The Labute approximate surface area is 136 Å². The Morgan fingerprint density at radius 3 is 2.65 bits per heavy atom. The third-order valence-corrected chi connectivity index (χ3v) is 3.91. The summed E-state index contributed by atoms with van der Waals surface area (Å²) in [7, 11) is 0. The summed E-state index contributed by atoms with van der Waals surface area (Å²) >= 11 is 0. The zero-order chi connectivity index (χ0) is 16.6. The van der Waals surface area contributed by atoms with Crippen molar-refractivity contribution in [3.05, 3.63) is 29.3 Å². The van der Waals surface area contributed by atoms with Gasteiger partial charge < -0.3 is 9.47 Å². The van der Waals surface area contributed by atoms with Gasteiger partial charge in [-0.2, -0.15) is 0 Å². The first-order chi connectivity index (χ1) is 10.8. The lowest BCUT2D eigenvalue weighted by Gasteiger charge is -2.30. The maximum Gasteiger partial charge on any atom is 0.411 e. The van der Waals surface area contributed by atoms with E-state index in [0.717, 1.165) is 17.9 Å². The molecular formula is C18H23NO4. The predicted molar refractivity (Wildman–Crippen MR) is 85.6 cm³/mol. The minimum atomic E-state index is -0.569. The van der Waals surface area contributed by atoms with Crippen LogP contribution in [0.3, 0.4) is 0 Å². The van der Waals surface area contributed by atoms with Crippen LogP contribution in [0.1, 0.15) is 49.5 Å². The summed E-state index contributed by atoms with van der Waals surface area (Å²) in [6.07, 6.45) is 2.01. The summed E-state index contributed by atoms with van der Waals surface area (Å²) in [4.78, 5) is 26.0. The maximum atomic E-state index is 12.4. The van der Waals surface area contributed by atoms with E-state index >= 15 is 0 Å². The number of ether oxygens (including phenoxy) is 2. The lowest BCUT2D eigenvalue weighted by molar-refractivity contribution is 0.0220.